The van der Waals surface area contributed by atoms with E-state index in [0.29, 0.717) is 5.96 Å². The predicted octanol–water partition coefficient (Wildman–Crippen LogP) is 0.982. The van der Waals surface area contributed by atoms with Crippen molar-refractivity contribution in [1.29, 1.82) is 0 Å². The van der Waals surface area contributed by atoms with Crippen LogP contribution in [0.2, 0.25) is 0 Å². The van der Waals surface area contributed by atoms with Gasteiger partial charge in [-0.3, -0.25) is 19.3 Å². The van der Waals surface area contributed by atoms with Crippen LogP contribution < -0.4 is 5.32 Å². The van der Waals surface area contributed by atoms with Crippen molar-refractivity contribution in [2.45, 2.75) is 38.9 Å². The van der Waals surface area contributed by atoms with E-state index < -0.39 is 6.55 Å². The Balaban J connectivity index is 1.50. The summed E-state index contributed by atoms with van der Waals surface area (Å²) in [5.74, 6) is 1.13. The minimum absolute atomic E-state index is 0.117. The second-order valence-corrected chi connectivity index (χ2v) is 7.16. The number of aromatic nitrogens is 2. The number of nitrogens with one attached hydrogen (secondary N) is 1. The van der Waals surface area contributed by atoms with Crippen LogP contribution in [0.4, 0.5) is 8.78 Å². The molecule has 0 aromatic carbocycles. The van der Waals surface area contributed by atoms with Gasteiger partial charge in [0.25, 0.3) is 0 Å². The van der Waals surface area contributed by atoms with Gasteiger partial charge < -0.3 is 15.1 Å². The van der Waals surface area contributed by atoms with E-state index in [1.54, 1.807) is 7.05 Å². The summed E-state index contributed by atoms with van der Waals surface area (Å²) in [7, 11) is 1.67. The lowest BCUT2D eigenvalue weighted by molar-refractivity contribution is -0.135. The summed E-state index contributed by atoms with van der Waals surface area (Å²) in [6.07, 6.45) is 4.82. The van der Waals surface area contributed by atoms with Crippen LogP contribution in [-0.4, -0.2) is 88.5 Å². The molecule has 2 saturated heterocycles. The fourth-order valence-electron chi connectivity index (χ4n) is 3.83. The Morgan fingerprint density at radius 2 is 1.86 bits per heavy atom. The largest absolute Gasteiger partial charge is 0.349 e. The average Bonchev–Trinajstić information content (AvgIpc) is 3.40. The molecule has 28 heavy (non-hydrogen) atoms. The lowest BCUT2D eigenvalue weighted by Gasteiger charge is -2.39. The fraction of sp³-hybridized carbons (Fsp3) is 0.722. The Morgan fingerprint density at radius 3 is 2.46 bits per heavy atom. The van der Waals surface area contributed by atoms with Crippen molar-refractivity contribution in [3.63, 3.8) is 0 Å². The summed E-state index contributed by atoms with van der Waals surface area (Å²) >= 11 is 0. The molecule has 1 atom stereocenters. The first-order valence-electron chi connectivity index (χ1n) is 9.79. The summed E-state index contributed by atoms with van der Waals surface area (Å²) in [4.78, 5) is 27.1. The number of carbonyl (C=O) groups is 1. The molecule has 3 rings (SSSR count). The average molecular weight is 397 g/mol. The van der Waals surface area contributed by atoms with Crippen molar-refractivity contribution >= 4 is 11.9 Å². The monoisotopic (exact) mass is 397 g/mol. The van der Waals surface area contributed by atoms with Gasteiger partial charge in [-0.25, -0.2) is 4.98 Å². The minimum Gasteiger partial charge on any atom is -0.349 e. The van der Waals surface area contributed by atoms with Crippen molar-refractivity contribution in [2.24, 2.45) is 4.99 Å². The van der Waals surface area contributed by atoms with Crippen LogP contribution in [0.25, 0.3) is 0 Å². The standard InChI is InChI=1S/C18H29F2N7O/c1-14(16(28)25-6-3-4-7-25)24-9-11-26(12-10-24)18(21-2)23-13-15-22-5-8-27(15)17(19)20/h5,8,14,17H,3-4,6-7,9-13H2,1-2H3,(H,21,23). The number of imidazole rings is 1. The van der Waals surface area contributed by atoms with E-state index in [9.17, 15) is 13.6 Å². The van der Waals surface area contributed by atoms with Gasteiger partial charge in [0.2, 0.25) is 5.91 Å². The van der Waals surface area contributed by atoms with Crippen LogP contribution in [-0.2, 0) is 11.3 Å². The molecule has 1 aromatic heterocycles. The van der Waals surface area contributed by atoms with Gasteiger partial charge in [-0.2, -0.15) is 8.78 Å². The molecule has 8 nitrogen and oxygen atoms in total. The van der Waals surface area contributed by atoms with E-state index >= 15 is 0 Å². The number of amides is 1. The smallest absolute Gasteiger partial charge is 0.319 e. The molecule has 1 N–H and O–H groups in total. The molecular formula is C18H29F2N7O. The Kier molecular flexibility index (Phi) is 6.82. The molecule has 0 aliphatic carbocycles. The van der Waals surface area contributed by atoms with Crippen LogP contribution in [0.15, 0.2) is 17.4 Å². The number of carbonyl (C=O) groups excluding carboxylic acids is 1. The van der Waals surface area contributed by atoms with E-state index in [-0.39, 0.29) is 24.3 Å². The molecule has 1 unspecified atom stereocenters. The zero-order valence-corrected chi connectivity index (χ0v) is 16.5. The van der Waals surface area contributed by atoms with Gasteiger partial charge in [0.05, 0.1) is 12.6 Å². The SMILES string of the molecule is CN=C(NCc1nccn1C(F)F)N1CCN(C(C)C(=O)N2CCCC2)CC1. The molecule has 0 spiro atoms. The van der Waals surface area contributed by atoms with E-state index in [4.69, 9.17) is 0 Å². The van der Waals surface area contributed by atoms with Gasteiger partial charge in [-0.05, 0) is 19.8 Å². The molecule has 2 aliphatic heterocycles. The van der Waals surface area contributed by atoms with Crippen molar-refractivity contribution in [1.82, 2.24) is 29.6 Å². The topological polar surface area (TPSA) is 69.0 Å². The second kappa shape index (κ2) is 9.31. The zero-order valence-electron chi connectivity index (χ0n) is 16.5. The molecule has 0 bridgehead atoms. The highest BCUT2D eigenvalue weighted by molar-refractivity contribution is 5.82. The lowest BCUT2D eigenvalue weighted by Crippen LogP contribution is -2.57. The van der Waals surface area contributed by atoms with Crippen LogP contribution in [0.3, 0.4) is 0 Å². The maximum absolute atomic E-state index is 12.9. The Hall–Kier alpha value is -2.23. The van der Waals surface area contributed by atoms with Gasteiger partial charge in [0.15, 0.2) is 5.96 Å². The molecule has 2 aliphatic rings. The van der Waals surface area contributed by atoms with Gasteiger partial charge >= 0.3 is 6.55 Å². The number of guanidine groups is 1. The highest BCUT2D eigenvalue weighted by atomic mass is 19.3. The molecule has 10 heteroatoms. The van der Waals surface area contributed by atoms with Crippen molar-refractivity contribution < 1.29 is 13.6 Å². The fourth-order valence-corrected chi connectivity index (χ4v) is 3.83. The van der Waals surface area contributed by atoms with E-state index in [2.05, 4.69) is 25.1 Å². The Labute approximate surface area is 164 Å². The summed E-state index contributed by atoms with van der Waals surface area (Å²) < 4.78 is 26.7. The number of piperazine rings is 1. The van der Waals surface area contributed by atoms with Crippen LogP contribution >= 0.6 is 0 Å². The zero-order chi connectivity index (χ0) is 20.1. The lowest BCUT2D eigenvalue weighted by atomic mass is 10.2. The van der Waals surface area contributed by atoms with Crippen LogP contribution in [0.1, 0.15) is 32.1 Å². The minimum atomic E-state index is -2.61. The molecule has 0 radical (unpaired) electrons. The molecule has 0 saturated carbocycles. The highest BCUT2D eigenvalue weighted by Crippen LogP contribution is 2.15. The Morgan fingerprint density at radius 1 is 1.18 bits per heavy atom. The predicted molar refractivity (Wildman–Crippen MR) is 102 cm³/mol. The van der Waals surface area contributed by atoms with E-state index in [0.717, 1.165) is 56.7 Å². The van der Waals surface area contributed by atoms with E-state index in [1.807, 2.05) is 11.8 Å². The molecule has 156 valence electrons. The van der Waals surface area contributed by atoms with Crippen molar-refractivity contribution in [3.8, 4) is 0 Å². The number of aliphatic imine (C=N–C) groups is 1. The number of hydrogen-bond donors (Lipinski definition) is 1. The second-order valence-electron chi connectivity index (χ2n) is 7.16. The number of rotatable bonds is 5. The first-order chi connectivity index (χ1) is 13.5. The van der Waals surface area contributed by atoms with Gasteiger partial charge in [-0.1, -0.05) is 0 Å². The van der Waals surface area contributed by atoms with Crippen molar-refractivity contribution in [3.05, 3.63) is 18.2 Å². The number of halogens is 2. The maximum Gasteiger partial charge on any atom is 0.319 e. The van der Waals surface area contributed by atoms with Crippen LogP contribution in [0, 0.1) is 0 Å². The maximum atomic E-state index is 12.9. The summed E-state index contributed by atoms with van der Waals surface area (Å²) in [6, 6.07) is -0.117. The quantitative estimate of drug-likeness (QED) is 0.593. The van der Waals surface area contributed by atoms with Gasteiger partial charge in [0, 0.05) is 58.7 Å². The van der Waals surface area contributed by atoms with E-state index in [1.165, 1.54) is 12.4 Å². The number of alkyl halides is 2. The number of hydrogen-bond acceptors (Lipinski definition) is 4. The third-order valence-electron chi connectivity index (χ3n) is 5.51. The van der Waals surface area contributed by atoms with Crippen molar-refractivity contribution in [2.75, 3.05) is 46.3 Å². The number of likely N-dealkylation sites (tertiary alicyclic amines) is 1. The van der Waals surface area contributed by atoms with Gasteiger partial charge in [-0.15, -0.1) is 0 Å². The summed E-state index contributed by atoms with van der Waals surface area (Å²) in [6.45, 7) is 4.24. The molecule has 3 heterocycles. The molecular weight excluding hydrogens is 368 g/mol. The van der Waals surface area contributed by atoms with Crippen LogP contribution in [0.5, 0.6) is 0 Å². The summed E-state index contributed by atoms with van der Waals surface area (Å²) in [5.41, 5.74) is 0. The first-order valence-corrected chi connectivity index (χ1v) is 9.79. The van der Waals surface area contributed by atoms with Gasteiger partial charge in [0.1, 0.15) is 5.82 Å². The molecule has 1 aromatic rings. The normalized spacial score (nSPS) is 20.1. The molecule has 2 fully saturated rings. The number of nitrogens with zero attached hydrogens (tertiary/aromatic N) is 6. The summed E-state index contributed by atoms with van der Waals surface area (Å²) in [5, 5.41) is 3.11. The highest BCUT2D eigenvalue weighted by Gasteiger charge is 2.30. The Bertz CT molecular complexity index is 679. The first kappa shape index (κ1) is 20.5. The third-order valence-corrected chi connectivity index (χ3v) is 5.51. The third kappa shape index (κ3) is 4.60. The molecule has 1 amide bonds.